The summed E-state index contributed by atoms with van der Waals surface area (Å²) in [5, 5.41) is 9.21. The van der Waals surface area contributed by atoms with Crippen molar-refractivity contribution in [1.82, 2.24) is 4.98 Å². The van der Waals surface area contributed by atoms with Crippen LogP contribution >= 0.6 is 0 Å². The van der Waals surface area contributed by atoms with Crippen LogP contribution in [0.1, 0.15) is 32.7 Å². The van der Waals surface area contributed by atoms with Crippen molar-refractivity contribution in [3.63, 3.8) is 0 Å². The third-order valence-corrected chi connectivity index (χ3v) is 3.30. The molecule has 4 nitrogen and oxygen atoms in total. The zero-order chi connectivity index (χ0) is 14.9. The average Bonchev–Trinajstić information content (AvgIpc) is 2.39. The van der Waals surface area contributed by atoms with Gasteiger partial charge in [0.05, 0.1) is 0 Å². The van der Waals surface area contributed by atoms with Gasteiger partial charge in [0.25, 0.3) is 0 Å². The Morgan fingerprint density at radius 3 is 2.35 bits per heavy atom. The van der Waals surface area contributed by atoms with E-state index in [-0.39, 0.29) is 11.4 Å². The molecule has 0 fully saturated rings. The molecule has 2 rings (SSSR count). The summed E-state index contributed by atoms with van der Waals surface area (Å²) in [6.07, 6.45) is 0. The largest absolute Gasteiger partial charge is 0.477 e. The molecule has 2 aromatic rings. The summed E-state index contributed by atoms with van der Waals surface area (Å²) >= 11 is 0. The second-order valence-electron chi connectivity index (χ2n) is 4.87. The Labute approximate surface area is 118 Å². The summed E-state index contributed by atoms with van der Waals surface area (Å²) in [4.78, 5) is 15.4. The zero-order valence-corrected chi connectivity index (χ0v) is 12.0. The van der Waals surface area contributed by atoms with Gasteiger partial charge in [-0.3, -0.25) is 0 Å². The molecule has 4 heteroatoms. The van der Waals surface area contributed by atoms with Gasteiger partial charge in [0.1, 0.15) is 11.3 Å². The fourth-order valence-electron chi connectivity index (χ4n) is 1.95. The van der Waals surface area contributed by atoms with Crippen LogP contribution < -0.4 is 4.74 Å². The summed E-state index contributed by atoms with van der Waals surface area (Å²) < 4.78 is 5.80. The summed E-state index contributed by atoms with van der Waals surface area (Å²) in [5.41, 5.74) is 3.82. The molecule has 1 aromatic heterocycles. The normalized spacial score (nSPS) is 10.4. The van der Waals surface area contributed by atoms with Crippen LogP contribution in [0.3, 0.4) is 0 Å². The topological polar surface area (TPSA) is 59.4 Å². The Morgan fingerprint density at radius 2 is 1.70 bits per heavy atom. The molecule has 0 radical (unpaired) electrons. The van der Waals surface area contributed by atoms with Gasteiger partial charge in [-0.15, -0.1) is 0 Å². The number of aromatic nitrogens is 1. The first-order chi connectivity index (χ1) is 9.40. The molecule has 0 unspecified atom stereocenters. The van der Waals surface area contributed by atoms with Crippen molar-refractivity contribution in [3.8, 4) is 11.6 Å². The van der Waals surface area contributed by atoms with E-state index in [0.29, 0.717) is 11.4 Å². The fourth-order valence-corrected chi connectivity index (χ4v) is 1.95. The predicted molar refractivity (Wildman–Crippen MR) is 76.7 cm³/mol. The van der Waals surface area contributed by atoms with Crippen LogP contribution in [-0.2, 0) is 0 Å². The molecule has 1 N–H and O–H groups in total. The summed E-state index contributed by atoms with van der Waals surface area (Å²) in [6.45, 7) is 7.67. The van der Waals surface area contributed by atoms with E-state index in [0.717, 1.165) is 16.7 Å². The number of rotatable bonds is 3. The average molecular weight is 271 g/mol. The summed E-state index contributed by atoms with van der Waals surface area (Å²) in [5.74, 6) is -0.240. The Balaban J connectivity index is 2.53. The van der Waals surface area contributed by atoms with Crippen molar-refractivity contribution < 1.29 is 14.6 Å². The van der Waals surface area contributed by atoms with Crippen LogP contribution in [0.15, 0.2) is 24.3 Å². The second-order valence-corrected chi connectivity index (χ2v) is 4.87. The lowest BCUT2D eigenvalue weighted by Gasteiger charge is -2.14. The number of carboxylic acids is 1. The van der Waals surface area contributed by atoms with Gasteiger partial charge in [-0.2, -0.15) is 0 Å². The van der Waals surface area contributed by atoms with Crippen molar-refractivity contribution >= 4 is 5.97 Å². The molecule has 0 amide bonds. The van der Waals surface area contributed by atoms with E-state index in [2.05, 4.69) is 4.98 Å². The Bertz CT molecular complexity index is 678. The molecular weight excluding hydrogens is 254 g/mol. The van der Waals surface area contributed by atoms with Crippen molar-refractivity contribution in [2.45, 2.75) is 27.7 Å². The van der Waals surface area contributed by atoms with E-state index in [4.69, 9.17) is 4.74 Å². The monoisotopic (exact) mass is 271 g/mol. The molecule has 0 aliphatic heterocycles. The number of carbonyl (C=O) groups is 1. The minimum absolute atomic E-state index is 0.0657. The molecule has 1 heterocycles. The zero-order valence-electron chi connectivity index (χ0n) is 12.0. The first-order valence-electron chi connectivity index (χ1n) is 6.35. The first-order valence-corrected chi connectivity index (χ1v) is 6.35. The number of aryl methyl sites for hydroxylation is 3. The SMILES string of the molecule is Cc1ccc(C(=O)O)c(Oc2c(C)ccc(C)c2C)n1. The highest BCUT2D eigenvalue weighted by molar-refractivity contribution is 5.90. The number of carboxylic acid groups (broad SMARTS) is 1. The number of pyridine rings is 1. The molecule has 0 bridgehead atoms. The van der Waals surface area contributed by atoms with Crippen LogP contribution in [0, 0.1) is 27.7 Å². The molecule has 0 aliphatic rings. The van der Waals surface area contributed by atoms with Crippen LogP contribution in [0.4, 0.5) is 0 Å². The maximum Gasteiger partial charge on any atom is 0.341 e. The van der Waals surface area contributed by atoms with Gasteiger partial charge >= 0.3 is 5.97 Å². The highest BCUT2D eigenvalue weighted by atomic mass is 16.5. The molecule has 104 valence electrons. The molecule has 0 spiro atoms. The fraction of sp³-hybridized carbons (Fsp3) is 0.250. The molecular formula is C16H17NO3. The minimum atomic E-state index is -1.05. The number of aromatic carboxylic acids is 1. The molecule has 20 heavy (non-hydrogen) atoms. The van der Waals surface area contributed by atoms with Gasteiger partial charge in [-0.05, 0) is 56.5 Å². The van der Waals surface area contributed by atoms with Gasteiger partial charge < -0.3 is 9.84 Å². The van der Waals surface area contributed by atoms with E-state index in [1.807, 2.05) is 32.9 Å². The van der Waals surface area contributed by atoms with Crippen molar-refractivity contribution in [2.75, 3.05) is 0 Å². The standard InChI is InChI=1S/C16H17NO3/c1-9-5-6-10(2)14(12(9)4)20-15-13(16(18)19)8-7-11(3)17-15/h5-8H,1-4H3,(H,18,19). The number of hydrogen-bond acceptors (Lipinski definition) is 3. The van der Waals surface area contributed by atoms with Crippen molar-refractivity contribution in [3.05, 3.63) is 52.2 Å². The highest BCUT2D eigenvalue weighted by Gasteiger charge is 2.16. The van der Waals surface area contributed by atoms with Crippen molar-refractivity contribution in [1.29, 1.82) is 0 Å². The lowest BCUT2D eigenvalue weighted by atomic mass is 10.1. The number of ether oxygens (including phenoxy) is 1. The molecule has 0 saturated carbocycles. The Morgan fingerprint density at radius 1 is 1.05 bits per heavy atom. The Hall–Kier alpha value is -2.36. The number of nitrogens with zero attached hydrogens (tertiary/aromatic N) is 1. The van der Waals surface area contributed by atoms with E-state index in [9.17, 15) is 9.90 Å². The molecule has 0 saturated heterocycles. The van der Waals surface area contributed by atoms with Gasteiger partial charge in [0.2, 0.25) is 5.88 Å². The van der Waals surface area contributed by atoms with Crippen LogP contribution in [0.5, 0.6) is 11.6 Å². The number of hydrogen-bond donors (Lipinski definition) is 1. The van der Waals surface area contributed by atoms with Gasteiger partial charge in [-0.25, -0.2) is 9.78 Å². The van der Waals surface area contributed by atoms with Crippen LogP contribution in [0.2, 0.25) is 0 Å². The van der Waals surface area contributed by atoms with Gasteiger partial charge in [-0.1, -0.05) is 12.1 Å². The predicted octanol–water partition coefficient (Wildman–Crippen LogP) is 3.81. The third kappa shape index (κ3) is 2.64. The van der Waals surface area contributed by atoms with Crippen LogP contribution in [0.25, 0.3) is 0 Å². The smallest absolute Gasteiger partial charge is 0.341 e. The van der Waals surface area contributed by atoms with E-state index in [1.54, 1.807) is 13.0 Å². The maximum absolute atomic E-state index is 11.2. The summed E-state index contributed by atoms with van der Waals surface area (Å²) in [6, 6.07) is 7.14. The first kappa shape index (κ1) is 14.1. The van der Waals surface area contributed by atoms with E-state index < -0.39 is 5.97 Å². The highest BCUT2D eigenvalue weighted by Crippen LogP contribution is 2.31. The molecule has 0 aliphatic carbocycles. The number of benzene rings is 1. The lowest BCUT2D eigenvalue weighted by Crippen LogP contribution is -2.04. The van der Waals surface area contributed by atoms with E-state index in [1.165, 1.54) is 6.07 Å². The van der Waals surface area contributed by atoms with Crippen molar-refractivity contribution in [2.24, 2.45) is 0 Å². The third-order valence-electron chi connectivity index (χ3n) is 3.30. The quantitative estimate of drug-likeness (QED) is 0.922. The van der Waals surface area contributed by atoms with Gasteiger partial charge in [0, 0.05) is 5.69 Å². The maximum atomic E-state index is 11.2. The molecule has 0 atom stereocenters. The summed E-state index contributed by atoms with van der Waals surface area (Å²) in [7, 11) is 0. The Kier molecular flexibility index (Phi) is 3.74. The molecule has 1 aromatic carbocycles. The van der Waals surface area contributed by atoms with Crippen LogP contribution in [-0.4, -0.2) is 16.1 Å². The lowest BCUT2D eigenvalue weighted by molar-refractivity contribution is 0.0693. The van der Waals surface area contributed by atoms with E-state index >= 15 is 0 Å². The van der Waals surface area contributed by atoms with Gasteiger partial charge in [0.15, 0.2) is 0 Å². The second kappa shape index (κ2) is 5.33. The minimum Gasteiger partial charge on any atom is -0.477 e.